The number of carbonyl (C=O) groups is 2. The third-order valence-electron chi connectivity index (χ3n) is 5.00. The maximum Gasteiger partial charge on any atom is 0.326 e. The van der Waals surface area contributed by atoms with Crippen molar-refractivity contribution in [2.75, 3.05) is 13.1 Å². The van der Waals surface area contributed by atoms with Gasteiger partial charge in [0, 0.05) is 13.1 Å². The predicted molar refractivity (Wildman–Crippen MR) is 97.5 cm³/mol. The minimum absolute atomic E-state index is 0.168. The van der Waals surface area contributed by atoms with Crippen LogP contribution in [-0.2, 0) is 16.0 Å². The fraction of sp³-hybridized carbons (Fsp3) is 0.400. The molecule has 1 heterocycles. The van der Waals surface area contributed by atoms with Crippen LogP contribution in [0.5, 0.6) is 0 Å². The zero-order chi connectivity index (χ0) is 17.8. The smallest absolute Gasteiger partial charge is 0.326 e. The molecular weight excluding hydrogens is 316 g/mol. The Morgan fingerprint density at radius 3 is 2.68 bits per heavy atom. The molecular formula is C20H24N2O3. The van der Waals surface area contributed by atoms with E-state index in [9.17, 15) is 9.59 Å². The molecule has 0 aromatic heterocycles. The summed E-state index contributed by atoms with van der Waals surface area (Å²) in [7, 11) is 0. The molecule has 2 unspecified atom stereocenters. The summed E-state index contributed by atoms with van der Waals surface area (Å²) in [5.74, 6) is -1.14. The monoisotopic (exact) mass is 340 g/mol. The molecule has 1 fully saturated rings. The fourth-order valence-electron chi connectivity index (χ4n) is 3.39. The first-order chi connectivity index (χ1) is 12.1. The highest BCUT2D eigenvalue weighted by Crippen LogP contribution is 2.22. The minimum atomic E-state index is -0.975. The molecule has 0 bridgehead atoms. The molecule has 2 N–H and O–H groups in total. The van der Waals surface area contributed by atoms with Crippen molar-refractivity contribution >= 4 is 22.6 Å². The van der Waals surface area contributed by atoms with E-state index in [1.807, 2.05) is 12.1 Å². The van der Waals surface area contributed by atoms with E-state index in [4.69, 9.17) is 5.11 Å². The molecule has 3 rings (SSSR count). The maximum absolute atomic E-state index is 12.3. The Balaban J connectivity index is 1.60. The van der Waals surface area contributed by atoms with Gasteiger partial charge >= 0.3 is 5.97 Å². The number of hydrogen-bond donors (Lipinski definition) is 2. The number of carboxylic acid groups (broad SMARTS) is 1. The summed E-state index contributed by atoms with van der Waals surface area (Å²) in [5, 5.41) is 14.2. The van der Waals surface area contributed by atoms with Crippen LogP contribution in [0.2, 0.25) is 0 Å². The highest BCUT2D eigenvalue weighted by atomic mass is 16.4. The number of carbonyl (C=O) groups excluding carboxylic acids is 1. The second-order valence-electron chi connectivity index (χ2n) is 6.54. The minimum Gasteiger partial charge on any atom is -0.480 e. The molecule has 25 heavy (non-hydrogen) atoms. The number of amides is 1. The lowest BCUT2D eigenvalue weighted by molar-refractivity contribution is -0.143. The van der Waals surface area contributed by atoms with Gasteiger partial charge in [-0.25, -0.2) is 4.79 Å². The summed E-state index contributed by atoms with van der Waals surface area (Å²) in [6.07, 6.45) is 2.06. The summed E-state index contributed by atoms with van der Waals surface area (Å²) >= 11 is 0. The van der Waals surface area contributed by atoms with Gasteiger partial charge in [-0.3, -0.25) is 9.69 Å². The Bertz CT molecular complexity index is 769. The quantitative estimate of drug-likeness (QED) is 0.812. The Morgan fingerprint density at radius 1 is 1.24 bits per heavy atom. The van der Waals surface area contributed by atoms with Crippen LogP contribution in [0, 0.1) is 0 Å². The van der Waals surface area contributed by atoms with Crippen LogP contribution < -0.4 is 5.32 Å². The van der Waals surface area contributed by atoms with Crippen LogP contribution in [0.15, 0.2) is 42.5 Å². The van der Waals surface area contributed by atoms with Crippen LogP contribution in [0.3, 0.4) is 0 Å². The van der Waals surface area contributed by atoms with E-state index in [0.29, 0.717) is 6.42 Å². The number of nitrogens with zero attached hydrogens (tertiary/aromatic N) is 1. The topological polar surface area (TPSA) is 69.6 Å². The number of nitrogens with one attached hydrogen (secondary N) is 1. The van der Waals surface area contributed by atoms with E-state index in [2.05, 4.69) is 40.5 Å². The van der Waals surface area contributed by atoms with Crippen molar-refractivity contribution in [1.29, 1.82) is 0 Å². The number of fused-ring (bicyclic) bond motifs is 1. The number of aliphatic carboxylic acids is 1. The summed E-state index contributed by atoms with van der Waals surface area (Å²) in [6, 6.07) is 13.6. The largest absolute Gasteiger partial charge is 0.480 e. The molecule has 2 aromatic carbocycles. The summed E-state index contributed by atoms with van der Waals surface area (Å²) in [6.45, 7) is 3.45. The third kappa shape index (κ3) is 3.82. The Morgan fingerprint density at radius 2 is 2.00 bits per heavy atom. The van der Waals surface area contributed by atoms with E-state index in [1.165, 1.54) is 16.3 Å². The molecule has 5 heteroatoms. The SMILES string of the molecule is CCC(NC(=O)C1CCN1CCc1cccc2ccccc12)C(=O)O. The fourth-order valence-corrected chi connectivity index (χ4v) is 3.39. The highest BCUT2D eigenvalue weighted by molar-refractivity contribution is 5.87. The van der Waals surface area contributed by atoms with Crippen molar-refractivity contribution in [3.8, 4) is 0 Å². The van der Waals surface area contributed by atoms with Crippen LogP contribution in [0.4, 0.5) is 0 Å². The van der Waals surface area contributed by atoms with E-state index >= 15 is 0 Å². The van der Waals surface area contributed by atoms with Crippen LogP contribution in [-0.4, -0.2) is 47.1 Å². The average Bonchev–Trinajstić information content (AvgIpc) is 2.58. The van der Waals surface area contributed by atoms with Gasteiger partial charge in [-0.15, -0.1) is 0 Å². The lowest BCUT2D eigenvalue weighted by atomic mass is 9.98. The van der Waals surface area contributed by atoms with Gasteiger partial charge in [0.25, 0.3) is 0 Å². The molecule has 0 spiro atoms. The van der Waals surface area contributed by atoms with E-state index < -0.39 is 12.0 Å². The Hall–Kier alpha value is -2.40. The van der Waals surface area contributed by atoms with E-state index in [-0.39, 0.29) is 11.9 Å². The number of carboxylic acids is 1. The van der Waals surface area contributed by atoms with Crippen LogP contribution >= 0.6 is 0 Å². The van der Waals surface area contributed by atoms with Crippen molar-refractivity contribution in [2.24, 2.45) is 0 Å². The van der Waals surface area contributed by atoms with Gasteiger partial charge < -0.3 is 10.4 Å². The van der Waals surface area contributed by atoms with Crippen molar-refractivity contribution in [2.45, 2.75) is 38.3 Å². The number of hydrogen-bond acceptors (Lipinski definition) is 3. The molecule has 0 aliphatic carbocycles. The molecule has 132 valence electrons. The molecule has 0 saturated carbocycles. The first kappa shape index (κ1) is 17.4. The molecule has 5 nitrogen and oxygen atoms in total. The van der Waals surface area contributed by atoms with E-state index in [0.717, 1.165) is 25.9 Å². The zero-order valence-corrected chi connectivity index (χ0v) is 14.4. The standard InChI is InChI=1S/C20H24N2O3/c1-2-17(20(24)25)21-19(23)18-11-13-22(18)12-10-15-8-5-7-14-6-3-4-9-16(14)15/h3-9,17-18H,2,10-13H2,1H3,(H,21,23)(H,24,25). The first-order valence-corrected chi connectivity index (χ1v) is 8.84. The Labute approximate surface area is 147 Å². The normalized spacial score (nSPS) is 18.5. The van der Waals surface area contributed by atoms with Gasteiger partial charge in [-0.05, 0) is 35.6 Å². The summed E-state index contributed by atoms with van der Waals surface area (Å²) in [5.41, 5.74) is 1.28. The highest BCUT2D eigenvalue weighted by Gasteiger charge is 2.35. The van der Waals surface area contributed by atoms with Crippen LogP contribution in [0.1, 0.15) is 25.3 Å². The lowest BCUT2D eigenvalue weighted by Gasteiger charge is -2.40. The van der Waals surface area contributed by atoms with Crippen molar-refractivity contribution in [3.05, 3.63) is 48.0 Å². The average molecular weight is 340 g/mol. The molecule has 1 aliphatic rings. The van der Waals surface area contributed by atoms with Gasteiger partial charge in [0.05, 0.1) is 6.04 Å². The van der Waals surface area contributed by atoms with Crippen molar-refractivity contribution < 1.29 is 14.7 Å². The first-order valence-electron chi connectivity index (χ1n) is 8.84. The van der Waals surface area contributed by atoms with Gasteiger partial charge in [-0.2, -0.15) is 0 Å². The van der Waals surface area contributed by atoms with Gasteiger partial charge in [0.15, 0.2) is 0 Å². The molecule has 1 amide bonds. The predicted octanol–water partition coefficient (Wildman–Crippen LogP) is 2.44. The van der Waals surface area contributed by atoms with Crippen molar-refractivity contribution in [3.63, 3.8) is 0 Å². The number of likely N-dealkylation sites (tertiary alicyclic amines) is 1. The molecule has 0 radical (unpaired) electrons. The lowest BCUT2D eigenvalue weighted by Crippen LogP contribution is -2.58. The zero-order valence-electron chi connectivity index (χ0n) is 14.4. The summed E-state index contributed by atoms with van der Waals surface area (Å²) < 4.78 is 0. The van der Waals surface area contributed by atoms with E-state index in [1.54, 1.807) is 6.92 Å². The van der Waals surface area contributed by atoms with Crippen molar-refractivity contribution in [1.82, 2.24) is 10.2 Å². The second kappa shape index (κ2) is 7.66. The number of rotatable bonds is 7. The molecule has 2 aromatic rings. The molecule has 1 saturated heterocycles. The Kier molecular flexibility index (Phi) is 5.34. The summed E-state index contributed by atoms with van der Waals surface area (Å²) in [4.78, 5) is 25.5. The molecule has 1 aliphatic heterocycles. The molecule has 2 atom stereocenters. The van der Waals surface area contributed by atoms with Gasteiger partial charge in [0.1, 0.15) is 6.04 Å². The number of benzene rings is 2. The second-order valence-corrected chi connectivity index (χ2v) is 6.54. The van der Waals surface area contributed by atoms with Gasteiger partial charge in [-0.1, -0.05) is 49.4 Å². The van der Waals surface area contributed by atoms with Crippen LogP contribution in [0.25, 0.3) is 10.8 Å². The van der Waals surface area contributed by atoms with Gasteiger partial charge in [0.2, 0.25) is 5.91 Å². The maximum atomic E-state index is 12.3. The third-order valence-corrected chi connectivity index (χ3v) is 5.00.